The summed E-state index contributed by atoms with van der Waals surface area (Å²) in [6.45, 7) is 1.77. The van der Waals surface area contributed by atoms with E-state index in [1.54, 1.807) is 73.6 Å². The van der Waals surface area contributed by atoms with E-state index in [1.807, 2.05) is 0 Å². The molecule has 0 bridgehead atoms. The highest BCUT2D eigenvalue weighted by atomic mass is 127. The molecule has 1 fully saturated rings. The molecule has 0 aliphatic heterocycles. The Morgan fingerprint density at radius 3 is 2.30 bits per heavy atom. The number of phenolic OH excluding ortho intramolecular Hbond substituents is 1. The molecular weight excluding hydrogens is 635 g/mol. The van der Waals surface area contributed by atoms with Crippen LogP contribution in [0.15, 0.2) is 23.0 Å². The van der Waals surface area contributed by atoms with Crippen molar-refractivity contribution < 1.29 is 39.6 Å². The highest BCUT2D eigenvalue weighted by Crippen LogP contribution is 2.62. The lowest BCUT2D eigenvalue weighted by Gasteiger charge is -2.55. The first kappa shape index (κ1) is 29.8. The molecule has 2 amide bonds. The summed E-state index contributed by atoms with van der Waals surface area (Å²) in [6.07, 6.45) is -0.324. The van der Waals surface area contributed by atoms with E-state index in [-0.39, 0.29) is 54.3 Å². The van der Waals surface area contributed by atoms with E-state index in [0.29, 0.717) is 11.3 Å². The summed E-state index contributed by atoms with van der Waals surface area (Å²) in [5.41, 5.74) is 1.78. The Morgan fingerprint density at radius 1 is 1.12 bits per heavy atom. The van der Waals surface area contributed by atoms with Gasteiger partial charge in [-0.3, -0.25) is 19.2 Å². The zero-order valence-electron chi connectivity index (χ0n) is 22.9. The zero-order chi connectivity index (χ0) is 30.1. The molecule has 13 heteroatoms. The van der Waals surface area contributed by atoms with Gasteiger partial charge in [0.1, 0.15) is 22.8 Å². The minimum atomic E-state index is -2.72. The predicted molar refractivity (Wildman–Crippen MR) is 154 cm³/mol. The normalized spacial score (nSPS) is 27.8. The van der Waals surface area contributed by atoms with E-state index in [0.717, 1.165) is 0 Å². The second kappa shape index (κ2) is 9.73. The second-order valence-electron chi connectivity index (χ2n) is 11.5. The number of amides is 2. The van der Waals surface area contributed by atoms with Gasteiger partial charge in [0.05, 0.1) is 15.5 Å². The lowest BCUT2D eigenvalue weighted by atomic mass is 9.53. The number of rotatable bonds is 6. The Kier molecular flexibility index (Phi) is 7.25. The standard InChI is InChI=1S/C27H33IN4O8/c1-25-7-13-14(32(4)5)6-12(9-30-16(34)10-31(2)3)20(35)17(13)21(36)19(25)23(38)27(40)22(37)18(24(29)39)15(33)8-26(27,28)11-25/h6,35-37,40H,7-11H2,1-5H3,(H2,29,39)(H,30,34)/t25-,26-,27+/m0/s1. The Morgan fingerprint density at radius 2 is 1.75 bits per heavy atom. The van der Waals surface area contributed by atoms with Gasteiger partial charge in [-0.1, -0.05) is 29.5 Å². The molecular formula is C27H33IN4O8. The van der Waals surface area contributed by atoms with Crippen molar-refractivity contribution in [1.29, 1.82) is 0 Å². The van der Waals surface area contributed by atoms with Crippen LogP contribution in [0.25, 0.3) is 5.76 Å². The zero-order valence-corrected chi connectivity index (χ0v) is 25.0. The number of aromatic hydroxyl groups is 1. The van der Waals surface area contributed by atoms with Crippen LogP contribution in [0.5, 0.6) is 5.75 Å². The average Bonchev–Trinajstić information content (AvgIpc) is 2.79. The van der Waals surface area contributed by atoms with E-state index in [2.05, 4.69) is 5.32 Å². The Labute approximate surface area is 244 Å². The largest absolute Gasteiger partial charge is 0.508 e. The third kappa shape index (κ3) is 4.25. The van der Waals surface area contributed by atoms with Crippen molar-refractivity contribution >= 4 is 57.4 Å². The second-order valence-corrected chi connectivity index (χ2v) is 13.6. The molecule has 1 aromatic rings. The van der Waals surface area contributed by atoms with Crippen LogP contribution in [-0.2, 0) is 32.1 Å². The van der Waals surface area contributed by atoms with Gasteiger partial charge in [-0.25, -0.2) is 0 Å². The number of phenols is 1. The summed E-state index contributed by atoms with van der Waals surface area (Å²) in [7, 11) is 7.03. The van der Waals surface area contributed by atoms with Gasteiger partial charge in [0.15, 0.2) is 11.4 Å². The van der Waals surface area contributed by atoms with Crippen molar-refractivity contribution in [2.24, 2.45) is 11.1 Å². The van der Waals surface area contributed by atoms with E-state index in [9.17, 15) is 39.6 Å². The number of hydrogen-bond donors (Lipinski definition) is 6. The molecule has 4 rings (SSSR count). The van der Waals surface area contributed by atoms with Gasteiger partial charge in [-0.05, 0) is 38.6 Å². The van der Waals surface area contributed by atoms with Crippen molar-refractivity contribution in [2.75, 3.05) is 39.6 Å². The van der Waals surface area contributed by atoms with Gasteiger partial charge in [-0.15, -0.1) is 0 Å². The summed E-state index contributed by atoms with van der Waals surface area (Å²) in [5, 5.41) is 48.3. The van der Waals surface area contributed by atoms with Crippen molar-refractivity contribution in [3.63, 3.8) is 0 Å². The molecule has 0 saturated heterocycles. The number of benzene rings is 1. The molecule has 1 saturated carbocycles. The van der Waals surface area contributed by atoms with Crippen molar-refractivity contribution in [2.45, 2.75) is 41.8 Å². The van der Waals surface area contributed by atoms with Crippen molar-refractivity contribution in [1.82, 2.24) is 10.2 Å². The Balaban J connectivity index is 1.93. The van der Waals surface area contributed by atoms with Gasteiger partial charge in [0, 0.05) is 49.3 Å². The summed E-state index contributed by atoms with van der Waals surface area (Å²) in [4.78, 5) is 54.5. The van der Waals surface area contributed by atoms with Crippen LogP contribution in [0, 0.1) is 5.41 Å². The van der Waals surface area contributed by atoms with Crippen LogP contribution in [0.1, 0.15) is 36.5 Å². The smallest absolute Gasteiger partial charge is 0.255 e. The number of aliphatic hydroxyl groups is 3. The number of nitrogens with one attached hydrogen (secondary N) is 1. The molecule has 0 heterocycles. The van der Waals surface area contributed by atoms with Crippen LogP contribution in [0.3, 0.4) is 0 Å². The van der Waals surface area contributed by atoms with Gasteiger partial charge >= 0.3 is 0 Å². The fourth-order valence-electron chi connectivity index (χ4n) is 6.23. The fourth-order valence-corrected chi connectivity index (χ4v) is 7.92. The first-order valence-corrected chi connectivity index (χ1v) is 13.6. The monoisotopic (exact) mass is 668 g/mol. The number of hydrogen-bond acceptors (Lipinski definition) is 10. The third-order valence-electron chi connectivity index (χ3n) is 7.94. The summed E-state index contributed by atoms with van der Waals surface area (Å²) in [5.74, 6) is -5.52. The molecule has 12 nitrogen and oxygen atoms in total. The minimum Gasteiger partial charge on any atom is -0.508 e. The molecule has 1 aromatic carbocycles. The van der Waals surface area contributed by atoms with E-state index >= 15 is 0 Å². The van der Waals surface area contributed by atoms with Crippen LogP contribution in [0.2, 0.25) is 0 Å². The van der Waals surface area contributed by atoms with Crippen LogP contribution >= 0.6 is 22.6 Å². The molecule has 0 unspecified atom stereocenters. The highest BCUT2D eigenvalue weighted by Gasteiger charge is 2.70. The highest BCUT2D eigenvalue weighted by molar-refractivity contribution is 14.1. The number of Topliss-reactive ketones (excluding diaryl/α,β-unsaturated/α-hetero) is 2. The van der Waals surface area contributed by atoms with Gasteiger partial charge in [0.25, 0.3) is 5.91 Å². The molecule has 0 spiro atoms. The van der Waals surface area contributed by atoms with Gasteiger partial charge < -0.3 is 41.3 Å². The van der Waals surface area contributed by atoms with Gasteiger partial charge in [-0.2, -0.15) is 0 Å². The maximum atomic E-state index is 14.1. The van der Waals surface area contributed by atoms with E-state index in [4.69, 9.17) is 5.73 Å². The SMILES string of the molecule is CN(C)CC(=O)NCc1cc(N(C)C)c2c(c1O)C(O)=C1C(=O)[C@]3(O)C(O)=C(C(N)=O)C(=O)C[C@]3(I)C[C@]1(C)C2. The predicted octanol–water partition coefficient (Wildman–Crippen LogP) is 0.615. The molecule has 7 N–H and O–H groups in total. The number of anilines is 1. The van der Waals surface area contributed by atoms with Crippen molar-refractivity contribution in [3.8, 4) is 5.75 Å². The molecule has 216 valence electrons. The maximum Gasteiger partial charge on any atom is 0.255 e. The number of carbonyl (C=O) groups excluding carboxylic acids is 4. The van der Waals surface area contributed by atoms with Gasteiger partial charge in [0.2, 0.25) is 11.7 Å². The molecule has 40 heavy (non-hydrogen) atoms. The number of ketones is 2. The number of likely N-dealkylation sites (N-methyl/N-ethyl adjacent to an activating group) is 1. The quantitative estimate of drug-likeness (QED) is 0.142. The third-order valence-corrected chi connectivity index (χ3v) is 9.49. The van der Waals surface area contributed by atoms with E-state index in [1.165, 1.54) is 0 Å². The number of fused-ring (bicyclic) bond motifs is 3. The number of alkyl halides is 1. The lowest BCUT2D eigenvalue weighted by Crippen LogP contribution is -2.68. The van der Waals surface area contributed by atoms with Crippen molar-refractivity contribution in [3.05, 3.63) is 39.7 Å². The summed E-state index contributed by atoms with van der Waals surface area (Å²) in [6, 6.07) is 1.70. The number of carbonyl (C=O) groups is 4. The first-order chi connectivity index (χ1) is 18.4. The number of nitrogens with two attached hydrogens (primary N) is 1. The Hall–Kier alpha value is -3.17. The molecule has 3 atom stereocenters. The number of primary amides is 1. The van der Waals surface area contributed by atoms with E-state index < -0.39 is 55.4 Å². The number of nitrogens with zero attached hydrogens (tertiary/aromatic N) is 2. The molecule has 3 aliphatic carbocycles. The summed E-state index contributed by atoms with van der Waals surface area (Å²) >= 11 is 1.78. The minimum absolute atomic E-state index is 0.0283. The topological polar surface area (TPSA) is 194 Å². The number of aliphatic hydroxyl groups excluding tert-OH is 2. The Bertz CT molecular complexity index is 1430. The average molecular weight is 668 g/mol. The molecule has 0 aromatic heterocycles. The van der Waals surface area contributed by atoms with Crippen LogP contribution in [0.4, 0.5) is 5.69 Å². The molecule has 3 aliphatic rings. The van der Waals surface area contributed by atoms with Crippen LogP contribution in [-0.4, -0.2) is 92.5 Å². The fraction of sp³-hybridized carbons (Fsp3) is 0.481. The lowest BCUT2D eigenvalue weighted by molar-refractivity contribution is -0.145. The van der Waals surface area contributed by atoms with Crippen LogP contribution < -0.4 is 16.0 Å². The number of halogens is 1. The first-order valence-electron chi connectivity index (χ1n) is 12.5. The maximum absolute atomic E-state index is 14.1. The molecule has 0 radical (unpaired) electrons. The summed E-state index contributed by atoms with van der Waals surface area (Å²) < 4.78 is -1.55.